The molecule has 0 amide bonds. The molecule has 0 aliphatic heterocycles. The third-order valence-electron chi connectivity index (χ3n) is 3.98. The summed E-state index contributed by atoms with van der Waals surface area (Å²) in [6.45, 7) is 0.442. The van der Waals surface area contributed by atoms with E-state index in [9.17, 15) is 4.39 Å². The number of ether oxygens (including phenoxy) is 3. The van der Waals surface area contributed by atoms with Gasteiger partial charge in [-0.3, -0.25) is 4.98 Å². The fourth-order valence-corrected chi connectivity index (χ4v) is 2.74. The van der Waals surface area contributed by atoms with Crippen LogP contribution < -0.4 is 19.5 Å². The zero-order chi connectivity index (χ0) is 19.2. The summed E-state index contributed by atoms with van der Waals surface area (Å²) >= 11 is 0. The quantitative estimate of drug-likeness (QED) is 0.681. The second-order valence-corrected chi connectivity index (χ2v) is 5.65. The van der Waals surface area contributed by atoms with E-state index in [1.165, 1.54) is 12.1 Å². The molecule has 0 saturated heterocycles. The number of aromatic nitrogens is 2. The number of nitrogens with zero attached hydrogens (tertiary/aromatic N) is 2. The van der Waals surface area contributed by atoms with Crippen molar-refractivity contribution in [2.75, 3.05) is 26.6 Å². The highest BCUT2D eigenvalue weighted by Gasteiger charge is 2.14. The van der Waals surface area contributed by atoms with Crippen molar-refractivity contribution < 1.29 is 18.6 Å². The summed E-state index contributed by atoms with van der Waals surface area (Å²) in [6.07, 6.45) is 3.16. The molecule has 0 aliphatic carbocycles. The molecule has 27 heavy (non-hydrogen) atoms. The molecule has 0 spiro atoms. The van der Waals surface area contributed by atoms with Crippen molar-refractivity contribution >= 4 is 5.82 Å². The van der Waals surface area contributed by atoms with Crippen LogP contribution in [0.3, 0.4) is 0 Å². The monoisotopic (exact) mass is 369 g/mol. The smallest absolute Gasteiger partial charge is 0.203 e. The van der Waals surface area contributed by atoms with Crippen LogP contribution in [-0.4, -0.2) is 31.3 Å². The van der Waals surface area contributed by atoms with Crippen molar-refractivity contribution in [3.63, 3.8) is 0 Å². The van der Waals surface area contributed by atoms with Crippen molar-refractivity contribution in [2.45, 2.75) is 6.54 Å². The summed E-state index contributed by atoms with van der Waals surface area (Å²) in [4.78, 5) is 8.67. The van der Waals surface area contributed by atoms with Crippen LogP contribution in [-0.2, 0) is 6.54 Å². The van der Waals surface area contributed by atoms with Crippen LogP contribution in [0.1, 0.15) is 5.56 Å². The summed E-state index contributed by atoms with van der Waals surface area (Å²) in [5, 5.41) is 3.24. The average Bonchev–Trinajstić information content (AvgIpc) is 2.71. The fraction of sp³-hybridized carbons (Fsp3) is 0.200. The highest BCUT2D eigenvalue weighted by molar-refractivity contribution is 5.71. The number of hydrogen-bond donors (Lipinski definition) is 1. The van der Waals surface area contributed by atoms with E-state index >= 15 is 0 Å². The van der Waals surface area contributed by atoms with Gasteiger partial charge in [0, 0.05) is 24.5 Å². The molecule has 2 aromatic carbocycles. The van der Waals surface area contributed by atoms with E-state index in [-0.39, 0.29) is 5.82 Å². The second-order valence-electron chi connectivity index (χ2n) is 5.65. The van der Waals surface area contributed by atoms with E-state index in [0.29, 0.717) is 40.9 Å². The molecular weight excluding hydrogens is 349 g/mol. The second kappa shape index (κ2) is 8.35. The normalized spacial score (nSPS) is 10.4. The first-order valence-electron chi connectivity index (χ1n) is 8.26. The zero-order valence-electron chi connectivity index (χ0n) is 15.3. The highest BCUT2D eigenvalue weighted by Crippen LogP contribution is 2.38. The number of methoxy groups -OCH3 is 3. The Morgan fingerprint density at radius 3 is 2.26 bits per heavy atom. The minimum Gasteiger partial charge on any atom is -0.493 e. The fourth-order valence-electron chi connectivity index (χ4n) is 2.74. The van der Waals surface area contributed by atoms with Gasteiger partial charge in [0.1, 0.15) is 11.5 Å². The molecule has 1 aromatic heterocycles. The minimum absolute atomic E-state index is 0.325. The van der Waals surface area contributed by atoms with Gasteiger partial charge in [-0.15, -0.1) is 0 Å². The molecule has 6 nitrogen and oxygen atoms in total. The van der Waals surface area contributed by atoms with Gasteiger partial charge < -0.3 is 19.5 Å². The Kier molecular flexibility index (Phi) is 5.71. The van der Waals surface area contributed by atoms with Crippen LogP contribution in [0.4, 0.5) is 10.2 Å². The maximum atomic E-state index is 13.6. The Bertz CT molecular complexity index is 909. The Hall–Kier alpha value is -3.35. The van der Waals surface area contributed by atoms with Gasteiger partial charge in [-0.25, -0.2) is 9.37 Å². The van der Waals surface area contributed by atoms with Gasteiger partial charge in [-0.05, 0) is 29.8 Å². The van der Waals surface area contributed by atoms with E-state index in [0.717, 1.165) is 5.56 Å². The molecule has 0 fully saturated rings. The van der Waals surface area contributed by atoms with Gasteiger partial charge in [-0.2, -0.15) is 0 Å². The van der Waals surface area contributed by atoms with E-state index in [1.54, 1.807) is 45.9 Å². The number of hydrogen-bond acceptors (Lipinski definition) is 6. The summed E-state index contributed by atoms with van der Waals surface area (Å²) in [6, 6.07) is 9.96. The molecule has 0 unspecified atom stereocenters. The molecule has 7 heteroatoms. The van der Waals surface area contributed by atoms with Crippen LogP contribution in [0.15, 0.2) is 48.8 Å². The van der Waals surface area contributed by atoms with E-state index in [2.05, 4.69) is 15.3 Å². The third kappa shape index (κ3) is 4.08. The molecule has 3 rings (SSSR count). The Morgan fingerprint density at radius 1 is 0.926 bits per heavy atom. The number of halogens is 1. The molecule has 1 N–H and O–H groups in total. The number of nitrogens with one attached hydrogen (secondary N) is 1. The van der Waals surface area contributed by atoms with Gasteiger partial charge in [0.15, 0.2) is 17.3 Å². The lowest BCUT2D eigenvalue weighted by Gasteiger charge is -2.15. The average molecular weight is 369 g/mol. The van der Waals surface area contributed by atoms with Crippen LogP contribution >= 0.6 is 0 Å². The minimum atomic E-state index is -0.325. The number of rotatable bonds is 7. The first-order chi connectivity index (χ1) is 13.2. The van der Waals surface area contributed by atoms with E-state index in [4.69, 9.17) is 14.2 Å². The predicted molar refractivity (Wildman–Crippen MR) is 101 cm³/mol. The number of benzene rings is 2. The van der Waals surface area contributed by atoms with Crippen LogP contribution in [0, 0.1) is 5.82 Å². The SMILES string of the molecule is COc1cc(CNc2nccnc2-c2cccc(F)c2)cc(OC)c1OC. The van der Waals surface area contributed by atoms with Gasteiger partial charge in [-0.1, -0.05) is 12.1 Å². The van der Waals surface area contributed by atoms with Crippen LogP contribution in [0.2, 0.25) is 0 Å². The van der Waals surface area contributed by atoms with Crippen molar-refractivity contribution in [3.05, 3.63) is 60.2 Å². The van der Waals surface area contributed by atoms with Gasteiger partial charge in [0.25, 0.3) is 0 Å². The van der Waals surface area contributed by atoms with Gasteiger partial charge in [0.05, 0.1) is 21.3 Å². The first-order valence-corrected chi connectivity index (χ1v) is 8.26. The van der Waals surface area contributed by atoms with Gasteiger partial charge >= 0.3 is 0 Å². The Labute approximate surface area is 157 Å². The molecule has 140 valence electrons. The zero-order valence-corrected chi connectivity index (χ0v) is 15.3. The third-order valence-corrected chi connectivity index (χ3v) is 3.98. The molecule has 0 bridgehead atoms. The molecule has 0 aliphatic rings. The molecule has 0 atom stereocenters. The van der Waals surface area contributed by atoms with Crippen molar-refractivity contribution in [3.8, 4) is 28.5 Å². The summed E-state index contributed by atoms with van der Waals surface area (Å²) in [7, 11) is 4.70. The Morgan fingerprint density at radius 2 is 1.63 bits per heavy atom. The maximum Gasteiger partial charge on any atom is 0.203 e. The van der Waals surface area contributed by atoms with E-state index in [1.807, 2.05) is 12.1 Å². The van der Waals surface area contributed by atoms with Crippen LogP contribution in [0.25, 0.3) is 11.3 Å². The lowest BCUT2D eigenvalue weighted by atomic mass is 10.1. The van der Waals surface area contributed by atoms with Crippen molar-refractivity contribution in [1.29, 1.82) is 0 Å². The lowest BCUT2D eigenvalue weighted by Crippen LogP contribution is -2.05. The lowest BCUT2D eigenvalue weighted by molar-refractivity contribution is 0.324. The molecule has 1 heterocycles. The summed E-state index contributed by atoms with van der Waals surface area (Å²) in [5.74, 6) is 1.89. The predicted octanol–water partition coefficient (Wildman–Crippen LogP) is 3.92. The molecule has 0 saturated carbocycles. The summed E-state index contributed by atoms with van der Waals surface area (Å²) < 4.78 is 29.7. The summed E-state index contributed by atoms with van der Waals surface area (Å²) in [5.41, 5.74) is 2.13. The van der Waals surface area contributed by atoms with Crippen LogP contribution in [0.5, 0.6) is 17.2 Å². The van der Waals surface area contributed by atoms with Gasteiger partial charge in [0.2, 0.25) is 5.75 Å². The first kappa shape index (κ1) is 18.4. The van der Waals surface area contributed by atoms with Crippen molar-refractivity contribution in [1.82, 2.24) is 9.97 Å². The maximum absolute atomic E-state index is 13.6. The largest absolute Gasteiger partial charge is 0.493 e. The van der Waals surface area contributed by atoms with E-state index < -0.39 is 0 Å². The Balaban J connectivity index is 1.88. The topological polar surface area (TPSA) is 65.5 Å². The highest BCUT2D eigenvalue weighted by atomic mass is 19.1. The standard InChI is InChI=1S/C20H20FN3O3/c1-25-16-9-13(10-17(26-2)19(16)27-3)12-24-20-18(22-7-8-23-20)14-5-4-6-15(21)11-14/h4-11H,12H2,1-3H3,(H,23,24). The molecule has 3 aromatic rings. The molecular formula is C20H20FN3O3. The molecule has 0 radical (unpaired) electrons. The van der Waals surface area contributed by atoms with Crippen molar-refractivity contribution in [2.24, 2.45) is 0 Å². The number of anilines is 1.